The first-order chi connectivity index (χ1) is 13.3. The van der Waals surface area contributed by atoms with Crippen LogP contribution in [0.4, 0.5) is 0 Å². The summed E-state index contributed by atoms with van der Waals surface area (Å²) in [5.41, 5.74) is 3.17. The topological polar surface area (TPSA) is 52.3 Å². The summed E-state index contributed by atoms with van der Waals surface area (Å²) < 4.78 is 7.01. The molecule has 0 fully saturated rings. The molecule has 134 valence electrons. The van der Waals surface area contributed by atoms with Gasteiger partial charge in [0.25, 0.3) is 5.78 Å². The van der Waals surface area contributed by atoms with Crippen molar-refractivity contribution in [3.8, 4) is 17.0 Å². The van der Waals surface area contributed by atoms with Crippen LogP contribution in [0.1, 0.15) is 5.56 Å². The van der Waals surface area contributed by atoms with Crippen molar-refractivity contribution in [1.29, 1.82) is 0 Å². The van der Waals surface area contributed by atoms with Crippen LogP contribution in [0, 0.1) is 0 Å². The highest BCUT2D eigenvalue weighted by molar-refractivity contribution is 7.99. The van der Waals surface area contributed by atoms with Crippen LogP contribution >= 0.6 is 11.8 Å². The fraction of sp³-hybridized carbons (Fsp3) is 0.0952. The number of ether oxygens (including phenoxy) is 1. The number of aromatic nitrogens is 4. The SMILES string of the molecule is COc1ccc(-c2ccnc3nc(SCC=Cc4ccccc4)nn23)cc1. The van der Waals surface area contributed by atoms with E-state index in [-0.39, 0.29) is 0 Å². The highest BCUT2D eigenvalue weighted by Crippen LogP contribution is 2.23. The molecule has 2 aromatic carbocycles. The van der Waals surface area contributed by atoms with Gasteiger partial charge in [0, 0.05) is 17.5 Å². The lowest BCUT2D eigenvalue weighted by molar-refractivity contribution is 0.415. The van der Waals surface area contributed by atoms with E-state index in [1.807, 2.05) is 48.5 Å². The van der Waals surface area contributed by atoms with Gasteiger partial charge in [-0.25, -0.2) is 4.98 Å². The van der Waals surface area contributed by atoms with E-state index in [9.17, 15) is 0 Å². The van der Waals surface area contributed by atoms with Gasteiger partial charge in [-0.3, -0.25) is 0 Å². The summed E-state index contributed by atoms with van der Waals surface area (Å²) >= 11 is 1.59. The van der Waals surface area contributed by atoms with Crippen LogP contribution in [-0.4, -0.2) is 32.4 Å². The summed E-state index contributed by atoms with van der Waals surface area (Å²) in [6, 6.07) is 20.0. The molecule has 2 aromatic heterocycles. The lowest BCUT2D eigenvalue weighted by Gasteiger charge is -2.04. The molecular formula is C21H18N4OS. The molecule has 6 heteroatoms. The maximum absolute atomic E-state index is 5.23. The monoisotopic (exact) mass is 374 g/mol. The minimum Gasteiger partial charge on any atom is -0.497 e. The average Bonchev–Trinajstić information content (AvgIpc) is 3.15. The normalized spacial score (nSPS) is 11.3. The van der Waals surface area contributed by atoms with E-state index in [0.717, 1.165) is 22.8 Å². The molecule has 2 heterocycles. The maximum Gasteiger partial charge on any atom is 0.253 e. The summed E-state index contributed by atoms with van der Waals surface area (Å²) in [4.78, 5) is 8.85. The van der Waals surface area contributed by atoms with Gasteiger partial charge in [-0.15, -0.1) is 5.10 Å². The third-order valence-corrected chi connectivity index (χ3v) is 4.82. The molecular weight excluding hydrogens is 356 g/mol. The molecule has 0 radical (unpaired) electrons. The van der Waals surface area contributed by atoms with Crippen molar-refractivity contribution in [1.82, 2.24) is 19.6 Å². The highest BCUT2D eigenvalue weighted by Gasteiger charge is 2.10. The zero-order chi connectivity index (χ0) is 18.5. The second-order valence-corrected chi connectivity index (χ2v) is 6.78. The van der Waals surface area contributed by atoms with Gasteiger partial charge in [-0.2, -0.15) is 9.50 Å². The second-order valence-electron chi connectivity index (χ2n) is 5.79. The van der Waals surface area contributed by atoms with Gasteiger partial charge in [0.1, 0.15) is 5.75 Å². The smallest absolute Gasteiger partial charge is 0.253 e. The van der Waals surface area contributed by atoms with Gasteiger partial charge in [-0.05, 0) is 35.9 Å². The molecule has 0 aliphatic carbocycles. The van der Waals surface area contributed by atoms with E-state index < -0.39 is 0 Å². The molecule has 0 amide bonds. The van der Waals surface area contributed by atoms with Crippen molar-refractivity contribution in [3.63, 3.8) is 0 Å². The molecule has 0 atom stereocenters. The number of hydrogen-bond donors (Lipinski definition) is 0. The van der Waals surface area contributed by atoms with E-state index in [2.05, 4.69) is 39.4 Å². The molecule has 0 spiro atoms. The predicted octanol–water partition coefficient (Wildman–Crippen LogP) is 4.61. The van der Waals surface area contributed by atoms with Gasteiger partial charge in [0.15, 0.2) is 0 Å². The Morgan fingerprint density at radius 3 is 2.63 bits per heavy atom. The van der Waals surface area contributed by atoms with Crippen LogP contribution in [0.2, 0.25) is 0 Å². The Morgan fingerprint density at radius 1 is 1.04 bits per heavy atom. The summed E-state index contributed by atoms with van der Waals surface area (Å²) in [5, 5.41) is 5.33. The predicted molar refractivity (Wildman–Crippen MR) is 109 cm³/mol. The molecule has 4 aromatic rings. The van der Waals surface area contributed by atoms with Gasteiger partial charge in [-0.1, -0.05) is 54.2 Å². The Bertz CT molecular complexity index is 1060. The van der Waals surface area contributed by atoms with E-state index in [1.54, 1.807) is 29.6 Å². The minimum absolute atomic E-state index is 0.595. The zero-order valence-corrected chi connectivity index (χ0v) is 15.6. The molecule has 0 N–H and O–H groups in total. The largest absolute Gasteiger partial charge is 0.497 e. The third-order valence-electron chi connectivity index (χ3n) is 4.03. The van der Waals surface area contributed by atoms with E-state index >= 15 is 0 Å². The highest BCUT2D eigenvalue weighted by atomic mass is 32.2. The fourth-order valence-corrected chi connectivity index (χ4v) is 3.32. The van der Waals surface area contributed by atoms with Crippen LogP contribution in [0.15, 0.2) is 78.1 Å². The zero-order valence-electron chi connectivity index (χ0n) is 14.8. The molecule has 5 nitrogen and oxygen atoms in total. The number of methoxy groups -OCH3 is 1. The quantitative estimate of drug-likeness (QED) is 0.462. The summed E-state index contributed by atoms with van der Waals surface area (Å²) in [6.45, 7) is 0. The first-order valence-corrected chi connectivity index (χ1v) is 9.52. The van der Waals surface area contributed by atoms with Gasteiger partial charge < -0.3 is 4.74 Å². The third kappa shape index (κ3) is 4.01. The standard InChI is InChI=1S/C21H18N4OS/c1-26-18-11-9-17(10-12-18)19-13-14-22-20-23-21(24-25(19)20)27-15-5-8-16-6-3-2-4-7-16/h2-14H,15H2,1H3. The van der Waals surface area contributed by atoms with Crippen LogP contribution in [0.5, 0.6) is 5.75 Å². The molecule has 0 aliphatic rings. The van der Waals surface area contributed by atoms with Crippen molar-refractivity contribution >= 4 is 23.6 Å². The van der Waals surface area contributed by atoms with Crippen molar-refractivity contribution in [2.75, 3.05) is 12.9 Å². The summed E-state index contributed by atoms with van der Waals surface area (Å²) in [7, 11) is 1.66. The minimum atomic E-state index is 0.595. The van der Waals surface area contributed by atoms with Crippen molar-refractivity contribution in [3.05, 3.63) is 78.5 Å². The van der Waals surface area contributed by atoms with E-state index in [4.69, 9.17) is 4.74 Å². The lowest BCUT2D eigenvalue weighted by atomic mass is 10.1. The number of thioether (sulfide) groups is 1. The van der Waals surface area contributed by atoms with Crippen LogP contribution < -0.4 is 4.74 Å². The van der Waals surface area contributed by atoms with E-state index in [0.29, 0.717) is 10.9 Å². The van der Waals surface area contributed by atoms with Gasteiger partial charge in [0.2, 0.25) is 5.16 Å². The molecule has 0 saturated heterocycles. The Morgan fingerprint density at radius 2 is 1.85 bits per heavy atom. The lowest BCUT2D eigenvalue weighted by Crippen LogP contribution is -1.96. The van der Waals surface area contributed by atoms with Gasteiger partial charge >= 0.3 is 0 Å². The van der Waals surface area contributed by atoms with Crippen molar-refractivity contribution in [2.45, 2.75) is 5.16 Å². The van der Waals surface area contributed by atoms with Crippen molar-refractivity contribution in [2.24, 2.45) is 0 Å². The molecule has 0 bridgehead atoms. The average molecular weight is 374 g/mol. The number of rotatable bonds is 6. The summed E-state index contributed by atoms with van der Waals surface area (Å²) in [6.07, 6.45) is 5.97. The Hall–Kier alpha value is -3.12. The number of hydrogen-bond acceptors (Lipinski definition) is 5. The maximum atomic E-state index is 5.23. The second kappa shape index (κ2) is 8.05. The summed E-state index contributed by atoms with van der Waals surface area (Å²) in [5.74, 6) is 2.21. The molecule has 0 saturated carbocycles. The van der Waals surface area contributed by atoms with E-state index in [1.165, 1.54) is 5.56 Å². The first kappa shape index (κ1) is 17.3. The fourth-order valence-electron chi connectivity index (χ4n) is 2.69. The number of benzene rings is 2. The molecule has 4 rings (SSSR count). The molecule has 27 heavy (non-hydrogen) atoms. The first-order valence-electron chi connectivity index (χ1n) is 8.54. The Balaban J connectivity index is 1.52. The number of nitrogens with zero attached hydrogens (tertiary/aromatic N) is 4. The van der Waals surface area contributed by atoms with Crippen LogP contribution in [0.3, 0.4) is 0 Å². The Kier molecular flexibility index (Phi) is 5.16. The molecule has 0 aliphatic heterocycles. The van der Waals surface area contributed by atoms with Gasteiger partial charge in [0.05, 0.1) is 12.8 Å². The number of fused-ring (bicyclic) bond motifs is 1. The molecule has 0 unspecified atom stereocenters. The van der Waals surface area contributed by atoms with Crippen molar-refractivity contribution < 1.29 is 4.74 Å². The Labute approximate surface area is 161 Å². The van der Waals surface area contributed by atoms with Crippen LogP contribution in [0.25, 0.3) is 23.1 Å². The van der Waals surface area contributed by atoms with Crippen LogP contribution in [-0.2, 0) is 0 Å².